The molecule has 0 amide bonds. The maximum absolute atomic E-state index is 12.2. The molecule has 2 rings (SSSR count). The average molecular weight is 363 g/mol. The maximum atomic E-state index is 12.2. The summed E-state index contributed by atoms with van der Waals surface area (Å²) in [7, 11) is 0. The van der Waals surface area contributed by atoms with Gasteiger partial charge in [-0.15, -0.1) is 13.2 Å². The van der Waals surface area contributed by atoms with Gasteiger partial charge in [-0.25, -0.2) is 4.98 Å². The number of hydrogen-bond acceptors (Lipinski definition) is 5. The highest BCUT2D eigenvalue weighted by atomic mass is 79.9. The molecule has 0 saturated heterocycles. The second-order valence-corrected chi connectivity index (χ2v) is 4.93. The molecule has 112 valence electrons. The first-order valence-corrected chi connectivity index (χ1v) is 6.46. The van der Waals surface area contributed by atoms with Crippen molar-refractivity contribution in [2.24, 2.45) is 0 Å². The van der Waals surface area contributed by atoms with Crippen molar-refractivity contribution < 1.29 is 17.9 Å². The molecule has 1 heterocycles. The van der Waals surface area contributed by atoms with Crippen molar-refractivity contribution in [3.05, 3.63) is 34.4 Å². The molecule has 0 saturated carbocycles. The van der Waals surface area contributed by atoms with Crippen molar-refractivity contribution in [3.8, 4) is 5.75 Å². The fourth-order valence-electron chi connectivity index (χ4n) is 1.59. The number of anilines is 3. The van der Waals surface area contributed by atoms with Crippen molar-refractivity contribution in [1.82, 2.24) is 9.97 Å². The van der Waals surface area contributed by atoms with Crippen LogP contribution in [0, 0.1) is 6.92 Å². The zero-order valence-corrected chi connectivity index (χ0v) is 12.3. The number of aromatic nitrogens is 2. The molecule has 2 aromatic rings. The molecule has 21 heavy (non-hydrogen) atoms. The lowest BCUT2D eigenvalue weighted by atomic mass is 10.3. The van der Waals surface area contributed by atoms with Crippen molar-refractivity contribution in [3.63, 3.8) is 0 Å². The van der Waals surface area contributed by atoms with Gasteiger partial charge in [0.1, 0.15) is 11.6 Å². The predicted octanol–water partition coefficient (Wildman–Crippen LogP) is 3.77. The van der Waals surface area contributed by atoms with Gasteiger partial charge in [0.15, 0.2) is 0 Å². The van der Waals surface area contributed by atoms with Gasteiger partial charge in [-0.2, -0.15) is 4.98 Å². The van der Waals surface area contributed by atoms with E-state index in [2.05, 4.69) is 36.0 Å². The van der Waals surface area contributed by atoms with Crippen LogP contribution in [0.25, 0.3) is 0 Å². The Balaban J connectivity index is 2.20. The van der Waals surface area contributed by atoms with Crippen LogP contribution in [0.5, 0.6) is 5.75 Å². The Morgan fingerprint density at radius 3 is 2.52 bits per heavy atom. The van der Waals surface area contributed by atoms with Crippen molar-refractivity contribution in [2.45, 2.75) is 13.3 Å². The summed E-state index contributed by atoms with van der Waals surface area (Å²) in [6, 6.07) is 5.72. The van der Waals surface area contributed by atoms with E-state index < -0.39 is 6.36 Å². The molecule has 3 N–H and O–H groups in total. The summed E-state index contributed by atoms with van der Waals surface area (Å²) in [5.74, 6) is 0.219. The van der Waals surface area contributed by atoms with Gasteiger partial charge in [-0.1, -0.05) is 0 Å². The molecular formula is C12H10BrF3N4O. The van der Waals surface area contributed by atoms with Gasteiger partial charge in [0, 0.05) is 17.4 Å². The lowest BCUT2D eigenvalue weighted by molar-refractivity contribution is -0.274. The Hall–Kier alpha value is -2.03. The summed E-state index contributed by atoms with van der Waals surface area (Å²) in [5, 5.41) is 2.92. The molecule has 0 aliphatic carbocycles. The van der Waals surface area contributed by atoms with Gasteiger partial charge in [-0.3, -0.25) is 0 Å². The van der Waals surface area contributed by atoms with E-state index in [9.17, 15) is 13.2 Å². The van der Waals surface area contributed by atoms with E-state index in [1.54, 1.807) is 13.0 Å². The van der Waals surface area contributed by atoms with Crippen LogP contribution < -0.4 is 15.8 Å². The summed E-state index contributed by atoms with van der Waals surface area (Å²) >= 11 is 3.02. The van der Waals surface area contributed by atoms with Gasteiger partial charge < -0.3 is 15.8 Å². The fourth-order valence-corrected chi connectivity index (χ4v) is 2.05. The Morgan fingerprint density at radius 2 is 1.95 bits per heavy atom. The van der Waals surface area contributed by atoms with Crippen molar-refractivity contribution in [1.29, 1.82) is 0 Å². The summed E-state index contributed by atoms with van der Waals surface area (Å²) in [6.45, 7) is 1.75. The van der Waals surface area contributed by atoms with E-state index in [4.69, 9.17) is 5.73 Å². The highest BCUT2D eigenvalue weighted by molar-refractivity contribution is 9.10. The van der Waals surface area contributed by atoms with E-state index in [1.807, 2.05) is 0 Å². The van der Waals surface area contributed by atoms with Crippen LogP contribution in [0.15, 0.2) is 28.7 Å². The minimum Gasteiger partial charge on any atom is -0.405 e. The molecule has 1 aromatic heterocycles. The first-order chi connectivity index (χ1) is 9.73. The largest absolute Gasteiger partial charge is 0.573 e. The summed E-state index contributed by atoms with van der Waals surface area (Å²) in [6.07, 6.45) is -4.74. The first-order valence-electron chi connectivity index (χ1n) is 5.66. The summed E-state index contributed by atoms with van der Waals surface area (Å²) in [4.78, 5) is 7.89. The molecule has 0 radical (unpaired) electrons. The Morgan fingerprint density at radius 1 is 1.24 bits per heavy atom. The molecule has 0 bridgehead atoms. The van der Waals surface area contributed by atoms with Crippen LogP contribution in [0.4, 0.5) is 30.6 Å². The Labute approximate surface area is 126 Å². The van der Waals surface area contributed by atoms with Crippen LogP contribution >= 0.6 is 15.9 Å². The van der Waals surface area contributed by atoms with Gasteiger partial charge in [0.2, 0.25) is 5.95 Å². The van der Waals surface area contributed by atoms with Gasteiger partial charge in [0.25, 0.3) is 0 Å². The van der Waals surface area contributed by atoms with E-state index >= 15 is 0 Å². The van der Waals surface area contributed by atoms with Crippen molar-refractivity contribution in [2.75, 3.05) is 11.1 Å². The number of benzene rings is 1. The van der Waals surface area contributed by atoms with Crippen LogP contribution in [0.1, 0.15) is 5.69 Å². The third kappa shape index (κ3) is 4.48. The number of nitrogens with one attached hydrogen (secondary N) is 1. The third-order valence-electron chi connectivity index (χ3n) is 2.30. The molecule has 0 aliphatic heterocycles. The molecule has 1 aromatic carbocycles. The first kappa shape index (κ1) is 15.4. The minimum atomic E-state index is -4.74. The zero-order valence-electron chi connectivity index (χ0n) is 10.7. The number of nitrogen functional groups attached to an aromatic ring is 1. The SMILES string of the molecule is Cc1cc(Nc2ccc(OC(F)(F)F)c(Br)c2)nc(N)n1. The van der Waals surface area contributed by atoms with E-state index in [1.165, 1.54) is 18.2 Å². The summed E-state index contributed by atoms with van der Waals surface area (Å²) in [5.41, 5.74) is 6.71. The number of aryl methyl sites for hydroxylation is 1. The van der Waals surface area contributed by atoms with Gasteiger partial charge in [-0.05, 0) is 41.1 Å². The molecule has 0 atom stereocenters. The molecular weight excluding hydrogens is 353 g/mol. The second kappa shape index (κ2) is 5.76. The molecule has 0 unspecified atom stereocenters. The number of halogens is 4. The predicted molar refractivity (Wildman–Crippen MR) is 75.3 cm³/mol. The molecule has 9 heteroatoms. The highest BCUT2D eigenvalue weighted by Gasteiger charge is 2.31. The smallest absolute Gasteiger partial charge is 0.405 e. The maximum Gasteiger partial charge on any atom is 0.573 e. The van der Waals surface area contributed by atoms with E-state index in [0.29, 0.717) is 17.2 Å². The molecule has 5 nitrogen and oxygen atoms in total. The van der Waals surface area contributed by atoms with E-state index in [0.717, 1.165) is 0 Å². The second-order valence-electron chi connectivity index (χ2n) is 4.07. The van der Waals surface area contributed by atoms with E-state index in [-0.39, 0.29) is 16.2 Å². The Bertz CT molecular complexity index is 643. The van der Waals surface area contributed by atoms with Gasteiger partial charge >= 0.3 is 6.36 Å². The molecule has 0 spiro atoms. The molecule has 0 aliphatic rings. The highest BCUT2D eigenvalue weighted by Crippen LogP contribution is 2.33. The normalized spacial score (nSPS) is 11.3. The number of ether oxygens (including phenoxy) is 1. The molecule has 0 fully saturated rings. The quantitative estimate of drug-likeness (QED) is 0.869. The third-order valence-corrected chi connectivity index (χ3v) is 2.92. The minimum absolute atomic E-state index is 0.105. The number of rotatable bonds is 3. The average Bonchev–Trinajstić information content (AvgIpc) is 2.30. The summed E-state index contributed by atoms with van der Waals surface area (Å²) < 4.78 is 40.5. The van der Waals surface area contributed by atoms with Gasteiger partial charge in [0.05, 0.1) is 4.47 Å². The number of alkyl halides is 3. The van der Waals surface area contributed by atoms with Crippen LogP contribution in [0.3, 0.4) is 0 Å². The standard InChI is InChI=1S/C12H10BrF3N4O/c1-6-4-10(20-11(17)18-6)19-7-2-3-9(8(13)5-7)21-12(14,15)16/h2-5H,1H3,(H3,17,18,19,20). The lowest BCUT2D eigenvalue weighted by Crippen LogP contribution is -2.17. The zero-order chi connectivity index (χ0) is 15.6. The lowest BCUT2D eigenvalue weighted by Gasteiger charge is -2.12. The number of nitrogens with zero attached hydrogens (tertiary/aromatic N) is 2. The Kier molecular flexibility index (Phi) is 4.21. The van der Waals surface area contributed by atoms with Crippen LogP contribution in [-0.4, -0.2) is 16.3 Å². The number of nitrogens with two attached hydrogens (primary N) is 1. The monoisotopic (exact) mass is 362 g/mol. The fraction of sp³-hybridized carbons (Fsp3) is 0.167. The number of hydrogen-bond donors (Lipinski definition) is 2. The topological polar surface area (TPSA) is 73.1 Å². The van der Waals surface area contributed by atoms with Crippen LogP contribution in [-0.2, 0) is 0 Å². The van der Waals surface area contributed by atoms with Crippen LogP contribution in [0.2, 0.25) is 0 Å². The van der Waals surface area contributed by atoms with Crippen molar-refractivity contribution >= 4 is 33.4 Å².